The summed E-state index contributed by atoms with van der Waals surface area (Å²) in [5.74, 6) is -2.61. The predicted octanol–water partition coefficient (Wildman–Crippen LogP) is 1.47. The van der Waals surface area contributed by atoms with Crippen LogP contribution in [-0.2, 0) is 21.2 Å². The number of carbonyl (C=O) groups is 1. The largest absolute Gasteiger partial charge is 0.507 e. The monoisotopic (exact) mass is 447 g/mol. The molecule has 12 heteroatoms. The lowest BCUT2D eigenvalue weighted by Crippen LogP contribution is -2.37. The molecular weight excluding hydrogens is 431 g/mol. The fourth-order valence-corrected chi connectivity index (χ4v) is 2.61. The molecule has 2 N–H and O–H groups in total. The molecule has 1 aromatic carbocycles. The molecule has 0 aliphatic heterocycles. The molecule has 0 bridgehead atoms. The van der Waals surface area contributed by atoms with Crippen LogP contribution >= 0.6 is 17.0 Å². The maximum atomic E-state index is 12.1. The molecule has 0 atom stereocenters. The molecule has 0 aromatic heterocycles. The highest BCUT2D eigenvalue weighted by atomic mass is 79.9. The Morgan fingerprint density at radius 3 is 2.48 bits per heavy atom. The molecule has 0 aliphatic rings. The lowest BCUT2D eigenvalue weighted by molar-refractivity contribution is -0.173. The molecular formula is C13H17BrF3N3O4S. The van der Waals surface area contributed by atoms with Gasteiger partial charge in [-0.1, -0.05) is 6.07 Å². The van der Waals surface area contributed by atoms with Gasteiger partial charge in [0.1, 0.15) is 17.0 Å². The Balaban J connectivity index is 0.00000576. The molecule has 7 nitrogen and oxygen atoms in total. The number of hydrogen-bond acceptors (Lipinski definition) is 4. The first-order valence-electron chi connectivity index (χ1n) is 6.57. The molecule has 1 rings (SSSR count). The number of nitrogens with one attached hydrogen (secondary N) is 1. The van der Waals surface area contributed by atoms with Crippen LogP contribution in [0, 0.1) is 0 Å². The fraction of sp³-hybridized carbons (Fsp3) is 0.385. The highest BCUT2D eigenvalue weighted by Gasteiger charge is 2.38. The van der Waals surface area contributed by atoms with Gasteiger partial charge >= 0.3 is 12.1 Å². The highest BCUT2D eigenvalue weighted by Crippen LogP contribution is 2.25. The second-order valence-electron chi connectivity index (χ2n) is 4.97. The van der Waals surface area contributed by atoms with E-state index in [1.165, 1.54) is 11.0 Å². The van der Waals surface area contributed by atoms with Crippen LogP contribution in [0.1, 0.15) is 5.56 Å². The van der Waals surface area contributed by atoms with Gasteiger partial charge in [-0.25, -0.2) is 0 Å². The number of rotatable bonds is 6. The molecule has 0 heterocycles. The third-order valence-electron chi connectivity index (χ3n) is 2.68. The Hall–Kier alpha value is -1.82. The fourth-order valence-electron chi connectivity index (χ4n) is 1.55. The molecule has 0 saturated carbocycles. The zero-order valence-electron chi connectivity index (χ0n) is 13.2. The lowest BCUT2D eigenvalue weighted by Gasteiger charge is -2.09. The first-order valence-corrected chi connectivity index (χ1v) is 8.01. The standard InChI is InChI=1S/C13H16F3N3O4S.BrH/c1-19(2)8-18-24(22,23)11-7-9(3-4-10(11)20)5-6-17-12(21)13(14,15)16;/h3-4,7-8,20H,5-6H2,1-2H3,(H,17,21);1H/b18-8+;. The van der Waals surface area contributed by atoms with Crippen LogP contribution in [0.5, 0.6) is 5.75 Å². The number of alkyl halides is 3. The maximum absolute atomic E-state index is 12.1. The quantitative estimate of drug-likeness (QED) is 0.508. The van der Waals surface area contributed by atoms with Crippen LogP contribution in [0.3, 0.4) is 0 Å². The lowest BCUT2D eigenvalue weighted by atomic mass is 10.1. The van der Waals surface area contributed by atoms with Crippen molar-refractivity contribution < 1.29 is 31.5 Å². The van der Waals surface area contributed by atoms with Gasteiger partial charge in [0.15, 0.2) is 0 Å². The minimum absolute atomic E-state index is 0. The van der Waals surface area contributed by atoms with E-state index in [0.29, 0.717) is 5.56 Å². The van der Waals surface area contributed by atoms with E-state index in [1.54, 1.807) is 19.4 Å². The number of amides is 1. The minimum Gasteiger partial charge on any atom is -0.507 e. The van der Waals surface area contributed by atoms with Gasteiger partial charge in [-0.3, -0.25) is 4.79 Å². The SMILES string of the molecule is Br.CN(C)/C=N/S(=O)(=O)c1cc(CCNC(=O)C(F)(F)F)ccc1O. The Kier molecular flexibility index (Phi) is 8.38. The molecule has 0 spiro atoms. The van der Waals surface area contributed by atoms with Crippen LogP contribution in [0.25, 0.3) is 0 Å². The Morgan fingerprint density at radius 1 is 1.36 bits per heavy atom. The maximum Gasteiger partial charge on any atom is 0.471 e. The van der Waals surface area contributed by atoms with Crippen molar-refractivity contribution in [3.63, 3.8) is 0 Å². The van der Waals surface area contributed by atoms with E-state index in [9.17, 15) is 31.5 Å². The molecule has 142 valence electrons. The summed E-state index contributed by atoms with van der Waals surface area (Å²) < 4.78 is 63.6. The third-order valence-corrected chi connectivity index (χ3v) is 3.93. The van der Waals surface area contributed by atoms with Crippen molar-refractivity contribution in [1.82, 2.24) is 10.2 Å². The smallest absolute Gasteiger partial charge is 0.471 e. The molecule has 0 saturated heterocycles. The molecule has 1 aromatic rings. The first-order chi connectivity index (χ1) is 10.9. The van der Waals surface area contributed by atoms with Crippen LogP contribution in [0.15, 0.2) is 27.5 Å². The molecule has 0 fully saturated rings. The molecule has 25 heavy (non-hydrogen) atoms. The van der Waals surface area contributed by atoms with Gasteiger partial charge in [0.05, 0.1) is 0 Å². The van der Waals surface area contributed by atoms with Crippen molar-refractivity contribution in [2.45, 2.75) is 17.5 Å². The summed E-state index contributed by atoms with van der Waals surface area (Å²) in [4.78, 5) is 11.6. The van der Waals surface area contributed by atoms with Gasteiger partial charge in [-0.2, -0.15) is 21.6 Å². The van der Waals surface area contributed by atoms with Crippen molar-refractivity contribution >= 4 is 39.3 Å². The molecule has 0 aliphatic carbocycles. The van der Waals surface area contributed by atoms with E-state index < -0.39 is 32.8 Å². The first kappa shape index (κ1) is 23.2. The number of benzene rings is 1. The van der Waals surface area contributed by atoms with E-state index >= 15 is 0 Å². The molecule has 1 amide bonds. The van der Waals surface area contributed by atoms with E-state index in [0.717, 1.165) is 18.5 Å². The van der Waals surface area contributed by atoms with E-state index in [2.05, 4.69) is 4.40 Å². The molecule has 0 unspecified atom stereocenters. The second-order valence-corrected chi connectivity index (χ2v) is 6.57. The summed E-state index contributed by atoms with van der Waals surface area (Å²) in [5.41, 5.74) is 0.314. The van der Waals surface area contributed by atoms with Gasteiger partial charge < -0.3 is 15.3 Å². The van der Waals surface area contributed by atoms with Crippen LogP contribution in [-0.4, -0.2) is 57.5 Å². The average Bonchev–Trinajstić information content (AvgIpc) is 2.45. The number of phenolic OH excluding ortho intramolecular Hbond substituents is 1. The van der Waals surface area contributed by atoms with Crippen molar-refractivity contribution in [2.75, 3.05) is 20.6 Å². The van der Waals surface area contributed by atoms with Crippen LogP contribution < -0.4 is 5.32 Å². The van der Waals surface area contributed by atoms with Gasteiger partial charge in [-0.15, -0.1) is 21.4 Å². The number of sulfonamides is 1. The number of hydrogen-bond donors (Lipinski definition) is 2. The Bertz CT molecular complexity index is 737. The summed E-state index contributed by atoms with van der Waals surface area (Å²) >= 11 is 0. The predicted molar refractivity (Wildman–Crippen MR) is 90.6 cm³/mol. The minimum atomic E-state index is -4.98. The van der Waals surface area contributed by atoms with Crippen LogP contribution in [0.2, 0.25) is 0 Å². The van der Waals surface area contributed by atoms with Crippen molar-refractivity contribution in [2.24, 2.45) is 4.40 Å². The highest BCUT2D eigenvalue weighted by molar-refractivity contribution is 8.93. The number of aromatic hydroxyl groups is 1. The van der Waals surface area contributed by atoms with E-state index in [1.807, 2.05) is 0 Å². The van der Waals surface area contributed by atoms with Crippen LogP contribution in [0.4, 0.5) is 13.2 Å². The van der Waals surface area contributed by atoms with Crippen molar-refractivity contribution in [1.29, 1.82) is 0 Å². The summed E-state index contributed by atoms with van der Waals surface area (Å²) in [5, 5.41) is 11.3. The normalized spacial score (nSPS) is 11.9. The second kappa shape index (κ2) is 9.04. The van der Waals surface area contributed by atoms with Gasteiger partial charge in [0.2, 0.25) is 0 Å². The zero-order valence-corrected chi connectivity index (χ0v) is 15.8. The third kappa shape index (κ3) is 7.30. The summed E-state index contributed by atoms with van der Waals surface area (Å²) in [7, 11) is -1.05. The number of carbonyl (C=O) groups excluding carboxylic acids is 1. The molecule has 0 radical (unpaired) electrons. The number of halogens is 4. The number of nitrogens with zero attached hydrogens (tertiary/aromatic N) is 2. The topological polar surface area (TPSA) is 99.1 Å². The summed E-state index contributed by atoms with van der Waals surface area (Å²) in [6.45, 7) is -0.344. The van der Waals surface area contributed by atoms with Gasteiger partial charge in [-0.05, 0) is 24.1 Å². The summed E-state index contributed by atoms with van der Waals surface area (Å²) in [6.07, 6.45) is -4.00. The van der Waals surface area contributed by atoms with E-state index in [4.69, 9.17) is 0 Å². The Morgan fingerprint density at radius 2 is 1.96 bits per heavy atom. The zero-order chi connectivity index (χ0) is 18.5. The Labute approximate surface area is 153 Å². The number of phenols is 1. The van der Waals surface area contributed by atoms with Crippen molar-refractivity contribution in [3.05, 3.63) is 23.8 Å². The summed E-state index contributed by atoms with van der Waals surface area (Å²) in [6, 6.07) is 3.53. The van der Waals surface area contributed by atoms with E-state index in [-0.39, 0.29) is 29.9 Å². The van der Waals surface area contributed by atoms with Gasteiger partial charge in [0.25, 0.3) is 10.0 Å². The average molecular weight is 448 g/mol. The van der Waals surface area contributed by atoms with Crippen molar-refractivity contribution in [3.8, 4) is 5.75 Å². The van der Waals surface area contributed by atoms with Gasteiger partial charge in [0, 0.05) is 20.6 Å².